The minimum absolute atomic E-state index is 0.0255. The van der Waals surface area contributed by atoms with Crippen molar-refractivity contribution in [2.75, 3.05) is 14.2 Å². The molecule has 0 radical (unpaired) electrons. The minimum atomic E-state index is -2.12. The Balaban J connectivity index is 4.46. The highest BCUT2D eigenvalue weighted by Gasteiger charge is 2.43. The molecule has 0 aliphatic heterocycles. The van der Waals surface area contributed by atoms with E-state index in [0.717, 1.165) is 6.04 Å². The Morgan fingerprint density at radius 1 is 1.25 bits per heavy atom. The average Bonchev–Trinajstić information content (AvgIpc) is 2.08. The first-order valence-electron chi connectivity index (χ1n) is 4.28. The van der Waals surface area contributed by atoms with E-state index in [4.69, 9.17) is 20.5 Å². The van der Waals surface area contributed by atoms with Crippen molar-refractivity contribution in [3.05, 3.63) is 0 Å². The number of halogens is 1. The molecule has 74 valence electrons. The molecule has 0 aromatic rings. The fourth-order valence-electron chi connectivity index (χ4n) is 1.30. The van der Waals surface area contributed by atoms with Crippen LogP contribution < -0.4 is 0 Å². The zero-order valence-electron chi connectivity index (χ0n) is 8.56. The van der Waals surface area contributed by atoms with E-state index in [-0.39, 0.29) is 5.00 Å². The van der Waals surface area contributed by atoms with Crippen molar-refractivity contribution in [1.82, 2.24) is 0 Å². The van der Waals surface area contributed by atoms with Crippen molar-refractivity contribution >= 4 is 20.2 Å². The van der Waals surface area contributed by atoms with E-state index < -0.39 is 8.56 Å². The topological polar surface area (TPSA) is 18.5 Å². The van der Waals surface area contributed by atoms with Gasteiger partial charge >= 0.3 is 8.56 Å². The third kappa shape index (κ3) is 2.46. The Hall–Kier alpha value is 0.427. The lowest BCUT2D eigenvalue weighted by atomic mass is 10.3. The largest absolute Gasteiger partial charge is 0.397 e. The lowest BCUT2D eigenvalue weighted by Crippen LogP contribution is -2.51. The van der Waals surface area contributed by atoms with Gasteiger partial charge in [-0.2, -0.15) is 0 Å². The highest BCUT2D eigenvalue weighted by molar-refractivity contribution is 6.76. The van der Waals surface area contributed by atoms with Gasteiger partial charge in [0.2, 0.25) is 0 Å². The van der Waals surface area contributed by atoms with Gasteiger partial charge in [0.15, 0.2) is 0 Å². The molecule has 0 rings (SSSR count). The normalized spacial score (nSPS) is 15.2. The quantitative estimate of drug-likeness (QED) is 0.513. The van der Waals surface area contributed by atoms with E-state index >= 15 is 0 Å². The summed E-state index contributed by atoms with van der Waals surface area (Å²) >= 11 is 6.25. The Kier molecular flexibility index (Phi) is 5.41. The molecule has 0 saturated heterocycles. The maximum Gasteiger partial charge on any atom is 0.356 e. The first-order chi connectivity index (χ1) is 5.54. The number of hydrogen-bond donors (Lipinski definition) is 0. The van der Waals surface area contributed by atoms with Crippen molar-refractivity contribution < 1.29 is 8.85 Å². The summed E-state index contributed by atoms with van der Waals surface area (Å²) in [6.45, 7) is 6.25. The Morgan fingerprint density at radius 2 is 1.67 bits per heavy atom. The van der Waals surface area contributed by atoms with Crippen molar-refractivity contribution in [3.8, 4) is 0 Å². The number of alkyl halides is 1. The average molecular weight is 211 g/mol. The highest BCUT2D eigenvalue weighted by atomic mass is 35.5. The molecule has 0 heterocycles. The summed E-state index contributed by atoms with van der Waals surface area (Å²) in [5.74, 6) is 0.401. The van der Waals surface area contributed by atoms with Crippen LogP contribution in [0.5, 0.6) is 0 Å². The lowest BCUT2D eigenvalue weighted by molar-refractivity contribution is 0.233. The molecule has 1 unspecified atom stereocenters. The molecule has 0 aliphatic carbocycles. The Labute approximate surface area is 81.5 Å². The van der Waals surface area contributed by atoms with E-state index in [1.54, 1.807) is 14.2 Å². The van der Waals surface area contributed by atoms with Gasteiger partial charge in [0.1, 0.15) is 0 Å². The molecule has 0 spiro atoms. The van der Waals surface area contributed by atoms with Gasteiger partial charge in [0.25, 0.3) is 0 Å². The number of hydrogen-bond acceptors (Lipinski definition) is 2. The summed E-state index contributed by atoms with van der Waals surface area (Å²) in [7, 11) is 1.26. The summed E-state index contributed by atoms with van der Waals surface area (Å²) < 4.78 is 10.9. The molecule has 0 N–H and O–H groups in total. The zero-order valence-corrected chi connectivity index (χ0v) is 10.3. The fraction of sp³-hybridized carbons (Fsp3) is 1.00. The van der Waals surface area contributed by atoms with E-state index in [9.17, 15) is 0 Å². The highest BCUT2D eigenvalue weighted by Crippen LogP contribution is 2.26. The third-order valence-corrected chi connectivity index (χ3v) is 7.57. The van der Waals surface area contributed by atoms with Gasteiger partial charge in [-0.15, -0.1) is 11.6 Å². The second-order valence-corrected chi connectivity index (χ2v) is 7.82. The standard InChI is InChI=1S/C8H19ClO2Si/c1-6-12(10-4,11-5)8(9)7(2)3/h7-8H,6H2,1-5H3. The second-order valence-electron chi connectivity index (χ2n) is 3.22. The summed E-state index contributed by atoms with van der Waals surface area (Å²) in [5, 5.41) is 0.0255. The third-order valence-electron chi connectivity index (χ3n) is 2.19. The molecule has 4 heteroatoms. The first-order valence-corrected chi connectivity index (χ1v) is 6.82. The van der Waals surface area contributed by atoms with Gasteiger partial charge in [-0.05, 0) is 12.0 Å². The van der Waals surface area contributed by atoms with Crippen molar-refractivity contribution in [1.29, 1.82) is 0 Å². The van der Waals surface area contributed by atoms with E-state index in [1.807, 2.05) is 0 Å². The minimum Gasteiger partial charge on any atom is -0.397 e. The van der Waals surface area contributed by atoms with Crippen molar-refractivity contribution in [2.24, 2.45) is 5.92 Å². The van der Waals surface area contributed by atoms with Crippen LogP contribution in [0, 0.1) is 5.92 Å². The molecule has 1 atom stereocenters. The van der Waals surface area contributed by atoms with Crippen LogP contribution in [-0.2, 0) is 8.85 Å². The van der Waals surface area contributed by atoms with Gasteiger partial charge in [-0.1, -0.05) is 20.8 Å². The van der Waals surface area contributed by atoms with Crippen LogP contribution in [0.3, 0.4) is 0 Å². The van der Waals surface area contributed by atoms with Gasteiger partial charge in [0.05, 0.1) is 5.00 Å². The molecule has 2 nitrogen and oxygen atoms in total. The summed E-state index contributed by atoms with van der Waals surface area (Å²) in [6, 6.07) is 0.895. The van der Waals surface area contributed by atoms with E-state index in [2.05, 4.69) is 20.8 Å². The number of rotatable bonds is 5. The van der Waals surface area contributed by atoms with Crippen LogP contribution in [0.1, 0.15) is 20.8 Å². The van der Waals surface area contributed by atoms with Crippen LogP contribution in [0.15, 0.2) is 0 Å². The van der Waals surface area contributed by atoms with Crippen LogP contribution in [0.2, 0.25) is 6.04 Å². The molecule has 0 aromatic carbocycles. The van der Waals surface area contributed by atoms with E-state index in [0.29, 0.717) is 5.92 Å². The Morgan fingerprint density at radius 3 is 1.75 bits per heavy atom. The summed E-state index contributed by atoms with van der Waals surface area (Å²) in [5.41, 5.74) is 0. The maximum absolute atomic E-state index is 6.25. The van der Waals surface area contributed by atoms with Gasteiger partial charge in [-0.25, -0.2) is 0 Å². The van der Waals surface area contributed by atoms with Gasteiger partial charge in [0, 0.05) is 14.2 Å². The van der Waals surface area contributed by atoms with Crippen LogP contribution in [-0.4, -0.2) is 27.8 Å². The lowest BCUT2D eigenvalue weighted by Gasteiger charge is -2.32. The molecular formula is C8H19ClO2Si. The maximum atomic E-state index is 6.25. The predicted molar refractivity (Wildman–Crippen MR) is 54.7 cm³/mol. The SMILES string of the molecule is CC[Si](OC)(OC)C(Cl)C(C)C. The molecule has 0 aromatic heterocycles. The van der Waals surface area contributed by atoms with E-state index in [1.165, 1.54) is 0 Å². The van der Waals surface area contributed by atoms with Crippen molar-refractivity contribution in [2.45, 2.75) is 31.8 Å². The molecule has 12 heavy (non-hydrogen) atoms. The Bertz CT molecular complexity index is 118. The smallest absolute Gasteiger partial charge is 0.356 e. The molecular weight excluding hydrogens is 192 g/mol. The second kappa shape index (κ2) is 5.22. The van der Waals surface area contributed by atoms with Gasteiger partial charge in [-0.3, -0.25) is 0 Å². The monoisotopic (exact) mass is 210 g/mol. The molecule has 0 aliphatic rings. The predicted octanol–water partition coefficient (Wildman–Crippen LogP) is 2.54. The molecule has 0 amide bonds. The zero-order chi connectivity index (χ0) is 9.78. The summed E-state index contributed by atoms with van der Waals surface area (Å²) in [4.78, 5) is 0. The van der Waals surface area contributed by atoms with Crippen molar-refractivity contribution in [3.63, 3.8) is 0 Å². The van der Waals surface area contributed by atoms with Gasteiger partial charge < -0.3 is 8.85 Å². The molecule has 0 fully saturated rings. The van der Waals surface area contributed by atoms with Crippen LogP contribution >= 0.6 is 11.6 Å². The van der Waals surface area contributed by atoms with Crippen LogP contribution in [0.4, 0.5) is 0 Å². The summed E-state index contributed by atoms with van der Waals surface area (Å²) in [6.07, 6.45) is 0. The fourth-order valence-corrected chi connectivity index (χ4v) is 4.90. The molecule has 0 saturated carbocycles. The first kappa shape index (κ1) is 12.4. The van der Waals surface area contributed by atoms with Crippen LogP contribution in [0.25, 0.3) is 0 Å². The molecule has 0 bridgehead atoms.